The Morgan fingerprint density at radius 1 is 1.35 bits per heavy atom. The number of fused-ring (bicyclic) bond motifs is 1. The predicted molar refractivity (Wildman–Crippen MR) is 78.7 cm³/mol. The topological polar surface area (TPSA) is 47.0 Å². The molecule has 2 aromatic heterocycles. The van der Waals surface area contributed by atoms with Gasteiger partial charge in [-0.15, -0.1) is 0 Å². The first-order valence-corrected chi connectivity index (χ1v) is 6.60. The van der Waals surface area contributed by atoms with Crippen LogP contribution < -0.4 is 0 Å². The zero-order valence-corrected chi connectivity index (χ0v) is 11.5. The minimum absolute atomic E-state index is 0.291. The number of aryl methyl sites for hydroxylation is 1. The van der Waals surface area contributed by atoms with E-state index in [1.807, 2.05) is 43.7 Å². The van der Waals surface area contributed by atoms with Gasteiger partial charge in [0.05, 0.1) is 6.61 Å². The Kier molecular flexibility index (Phi) is 3.06. The van der Waals surface area contributed by atoms with Gasteiger partial charge in [0, 0.05) is 41.5 Å². The molecule has 2 heterocycles. The van der Waals surface area contributed by atoms with Crippen LogP contribution in [0.25, 0.3) is 22.0 Å². The molecule has 102 valence electrons. The van der Waals surface area contributed by atoms with Gasteiger partial charge in [0.1, 0.15) is 5.69 Å². The number of esters is 1. The van der Waals surface area contributed by atoms with Crippen LogP contribution in [0.5, 0.6) is 0 Å². The number of hydrogen-bond donors (Lipinski definition) is 1. The fourth-order valence-electron chi connectivity index (χ4n) is 2.43. The maximum absolute atomic E-state index is 11.9. The third-order valence-electron chi connectivity index (χ3n) is 3.39. The Bertz CT molecular complexity index is 768. The minimum atomic E-state index is -0.291. The van der Waals surface area contributed by atoms with Crippen LogP contribution in [-0.4, -0.2) is 22.1 Å². The maximum atomic E-state index is 11.9. The smallest absolute Gasteiger partial charge is 0.354 e. The number of H-pyrrole nitrogens is 1. The average Bonchev–Trinajstić information content (AvgIpc) is 3.02. The first-order valence-electron chi connectivity index (χ1n) is 6.60. The average molecular weight is 268 g/mol. The lowest BCUT2D eigenvalue weighted by atomic mass is 10.1. The maximum Gasteiger partial charge on any atom is 0.354 e. The molecule has 0 atom stereocenters. The van der Waals surface area contributed by atoms with E-state index in [0.717, 1.165) is 22.0 Å². The Morgan fingerprint density at radius 3 is 2.95 bits per heavy atom. The fourth-order valence-corrected chi connectivity index (χ4v) is 2.43. The van der Waals surface area contributed by atoms with Crippen molar-refractivity contribution in [1.82, 2.24) is 9.55 Å². The molecule has 0 saturated heterocycles. The lowest BCUT2D eigenvalue weighted by Crippen LogP contribution is -2.08. The summed E-state index contributed by atoms with van der Waals surface area (Å²) in [5.41, 5.74) is 3.75. The number of para-hydroxylation sites is 1. The second kappa shape index (κ2) is 4.89. The molecule has 0 spiro atoms. The molecule has 4 heteroatoms. The number of benzene rings is 1. The summed E-state index contributed by atoms with van der Waals surface area (Å²) in [6.45, 7) is 2.19. The molecular formula is C16H16N2O2. The zero-order chi connectivity index (χ0) is 14.1. The summed E-state index contributed by atoms with van der Waals surface area (Å²) >= 11 is 0. The van der Waals surface area contributed by atoms with Crippen molar-refractivity contribution in [2.45, 2.75) is 6.92 Å². The van der Waals surface area contributed by atoms with Crippen molar-refractivity contribution in [3.63, 3.8) is 0 Å². The van der Waals surface area contributed by atoms with Crippen molar-refractivity contribution in [3.05, 3.63) is 48.4 Å². The summed E-state index contributed by atoms with van der Waals surface area (Å²) in [6, 6.07) is 9.98. The summed E-state index contributed by atoms with van der Waals surface area (Å²) in [7, 11) is 1.85. The third kappa shape index (κ3) is 1.99. The minimum Gasteiger partial charge on any atom is -0.461 e. The molecular weight excluding hydrogens is 252 g/mol. The first kappa shape index (κ1) is 12.5. The van der Waals surface area contributed by atoms with E-state index in [2.05, 4.69) is 11.1 Å². The fraction of sp³-hybridized carbons (Fsp3) is 0.188. The van der Waals surface area contributed by atoms with Gasteiger partial charge in [0.25, 0.3) is 0 Å². The molecule has 4 nitrogen and oxygen atoms in total. The highest BCUT2D eigenvalue weighted by atomic mass is 16.5. The number of carbonyl (C=O) groups excluding carboxylic acids is 1. The van der Waals surface area contributed by atoms with E-state index in [1.54, 1.807) is 11.5 Å². The number of aromatic amines is 1. The van der Waals surface area contributed by atoms with Gasteiger partial charge in [-0.1, -0.05) is 18.2 Å². The number of ether oxygens (including phenoxy) is 1. The lowest BCUT2D eigenvalue weighted by Gasteiger charge is -2.01. The van der Waals surface area contributed by atoms with E-state index in [1.165, 1.54) is 0 Å². The Labute approximate surface area is 117 Å². The van der Waals surface area contributed by atoms with Crippen molar-refractivity contribution in [2.75, 3.05) is 6.61 Å². The van der Waals surface area contributed by atoms with Crippen molar-refractivity contribution >= 4 is 16.9 Å². The van der Waals surface area contributed by atoms with Crippen molar-refractivity contribution in [2.24, 2.45) is 7.05 Å². The molecule has 0 unspecified atom stereocenters. The normalized spacial score (nSPS) is 10.9. The summed E-state index contributed by atoms with van der Waals surface area (Å²) < 4.78 is 6.86. The Balaban J connectivity index is 2.07. The third-order valence-corrected chi connectivity index (χ3v) is 3.39. The summed E-state index contributed by atoms with van der Waals surface area (Å²) in [6.07, 6.45) is 3.91. The van der Waals surface area contributed by atoms with Gasteiger partial charge in [0.15, 0.2) is 0 Å². The summed E-state index contributed by atoms with van der Waals surface area (Å²) in [5.74, 6) is -0.291. The van der Waals surface area contributed by atoms with E-state index < -0.39 is 0 Å². The number of carbonyl (C=O) groups is 1. The van der Waals surface area contributed by atoms with Crippen LogP contribution in [0.4, 0.5) is 0 Å². The molecule has 3 rings (SSSR count). The van der Waals surface area contributed by atoms with E-state index in [-0.39, 0.29) is 5.97 Å². The standard InChI is InChI=1S/C16H16N2O2/c1-3-20-16(19)15-8-11(10-18(15)2)13-9-17-14-7-5-4-6-12(13)14/h4-10,17H,3H2,1-2H3. The van der Waals surface area contributed by atoms with Crippen LogP contribution in [0.3, 0.4) is 0 Å². The highest BCUT2D eigenvalue weighted by Crippen LogP contribution is 2.29. The molecule has 1 aromatic carbocycles. The summed E-state index contributed by atoms with van der Waals surface area (Å²) in [5, 5.41) is 1.15. The molecule has 0 aliphatic carbocycles. The van der Waals surface area contributed by atoms with Crippen LogP contribution >= 0.6 is 0 Å². The van der Waals surface area contributed by atoms with Crippen molar-refractivity contribution in [1.29, 1.82) is 0 Å². The van der Waals surface area contributed by atoms with Gasteiger partial charge >= 0.3 is 5.97 Å². The van der Waals surface area contributed by atoms with Gasteiger partial charge in [-0.25, -0.2) is 4.79 Å². The molecule has 3 aromatic rings. The van der Waals surface area contributed by atoms with Crippen LogP contribution in [0.15, 0.2) is 42.7 Å². The molecule has 20 heavy (non-hydrogen) atoms. The van der Waals surface area contributed by atoms with Gasteiger partial charge in [-0.2, -0.15) is 0 Å². The van der Waals surface area contributed by atoms with Gasteiger partial charge < -0.3 is 14.3 Å². The van der Waals surface area contributed by atoms with E-state index >= 15 is 0 Å². The second-order valence-corrected chi connectivity index (χ2v) is 4.69. The number of nitrogens with one attached hydrogen (secondary N) is 1. The largest absolute Gasteiger partial charge is 0.461 e. The molecule has 1 N–H and O–H groups in total. The number of aromatic nitrogens is 2. The SMILES string of the molecule is CCOC(=O)c1cc(-c2c[nH]c3ccccc23)cn1C. The van der Waals surface area contributed by atoms with Gasteiger partial charge in [-0.05, 0) is 19.1 Å². The van der Waals surface area contributed by atoms with Crippen molar-refractivity contribution < 1.29 is 9.53 Å². The van der Waals surface area contributed by atoms with Crippen LogP contribution in [0.1, 0.15) is 17.4 Å². The number of rotatable bonds is 3. The van der Waals surface area contributed by atoms with Crippen LogP contribution in [0.2, 0.25) is 0 Å². The summed E-state index contributed by atoms with van der Waals surface area (Å²) in [4.78, 5) is 15.1. The number of nitrogens with zero attached hydrogens (tertiary/aromatic N) is 1. The quantitative estimate of drug-likeness (QED) is 0.740. The molecule has 0 fully saturated rings. The second-order valence-electron chi connectivity index (χ2n) is 4.69. The highest BCUT2D eigenvalue weighted by Gasteiger charge is 2.15. The molecule has 0 bridgehead atoms. The number of hydrogen-bond acceptors (Lipinski definition) is 2. The molecule has 0 aliphatic heterocycles. The Hall–Kier alpha value is -2.49. The monoisotopic (exact) mass is 268 g/mol. The molecule has 0 amide bonds. The molecule has 0 radical (unpaired) electrons. The first-order chi connectivity index (χ1) is 9.70. The molecule has 0 aliphatic rings. The van der Waals surface area contributed by atoms with E-state index in [0.29, 0.717) is 12.3 Å². The van der Waals surface area contributed by atoms with E-state index in [9.17, 15) is 4.79 Å². The Morgan fingerprint density at radius 2 is 2.15 bits per heavy atom. The predicted octanol–water partition coefficient (Wildman–Crippen LogP) is 3.35. The van der Waals surface area contributed by atoms with Crippen LogP contribution in [0, 0.1) is 0 Å². The lowest BCUT2D eigenvalue weighted by molar-refractivity contribution is 0.0515. The zero-order valence-electron chi connectivity index (χ0n) is 11.5. The van der Waals surface area contributed by atoms with Gasteiger partial charge in [-0.3, -0.25) is 0 Å². The highest BCUT2D eigenvalue weighted by molar-refractivity contribution is 5.97. The molecule has 0 saturated carbocycles. The van der Waals surface area contributed by atoms with E-state index in [4.69, 9.17) is 4.74 Å². The van der Waals surface area contributed by atoms with Crippen LogP contribution in [-0.2, 0) is 11.8 Å². The van der Waals surface area contributed by atoms with Gasteiger partial charge in [0.2, 0.25) is 0 Å². The van der Waals surface area contributed by atoms with Crippen molar-refractivity contribution in [3.8, 4) is 11.1 Å².